The van der Waals surface area contributed by atoms with Crippen molar-refractivity contribution in [2.45, 2.75) is 52.1 Å². The quantitative estimate of drug-likeness (QED) is 0.536. The van der Waals surface area contributed by atoms with Gasteiger partial charge in [0.1, 0.15) is 6.04 Å². The average Bonchev–Trinajstić information content (AvgIpc) is 2.82. The largest absolute Gasteiger partial charge is 0.352 e. The molecule has 0 aliphatic carbocycles. The Morgan fingerprint density at radius 2 is 1.74 bits per heavy atom. The van der Waals surface area contributed by atoms with E-state index in [0.29, 0.717) is 42.2 Å². The molecule has 4 amide bonds. The molecule has 1 saturated heterocycles. The smallest absolute Gasteiger partial charge is 0.321 e. The van der Waals surface area contributed by atoms with Gasteiger partial charge in [-0.25, -0.2) is 4.79 Å². The number of aryl methyl sites for hydroxylation is 1. The maximum absolute atomic E-state index is 13.1. The fourth-order valence-electron chi connectivity index (χ4n) is 3.97. The molecule has 0 radical (unpaired) electrons. The fourth-order valence-corrected chi connectivity index (χ4v) is 4.16. The first-order valence-electron chi connectivity index (χ1n) is 11.8. The Kier molecular flexibility index (Phi) is 8.93. The molecule has 2 aromatic carbocycles. The van der Waals surface area contributed by atoms with Crippen molar-refractivity contribution < 1.29 is 14.4 Å². The normalized spacial score (nSPS) is 15.8. The number of likely N-dealkylation sites (tertiary alicyclic amines) is 1. The van der Waals surface area contributed by atoms with Crippen LogP contribution in [0.25, 0.3) is 0 Å². The highest BCUT2D eigenvalue weighted by atomic mass is 35.5. The highest BCUT2D eigenvalue weighted by molar-refractivity contribution is 6.30. The molecule has 1 heterocycles. The third-order valence-corrected chi connectivity index (χ3v) is 6.49. The summed E-state index contributed by atoms with van der Waals surface area (Å²) in [4.78, 5) is 40.4. The van der Waals surface area contributed by atoms with Gasteiger partial charge in [-0.2, -0.15) is 0 Å². The van der Waals surface area contributed by atoms with E-state index in [9.17, 15) is 14.4 Å². The Bertz CT molecular complexity index is 1000. The van der Waals surface area contributed by atoms with E-state index in [4.69, 9.17) is 11.6 Å². The minimum absolute atomic E-state index is 0.00911. The number of nitrogens with one attached hydrogen (secondary N) is 3. The zero-order chi connectivity index (χ0) is 24.7. The summed E-state index contributed by atoms with van der Waals surface area (Å²) in [6, 6.07) is 13.4. The van der Waals surface area contributed by atoms with Crippen LogP contribution in [0.1, 0.15) is 49.0 Å². The van der Waals surface area contributed by atoms with Crippen LogP contribution in [0.3, 0.4) is 0 Å². The summed E-state index contributed by atoms with van der Waals surface area (Å²) >= 11 is 6.00. The molecule has 2 atom stereocenters. The van der Waals surface area contributed by atoms with Crippen molar-refractivity contribution in [2.24, 2.45) is 5.92 Å². The Balaban J connectivity index is 1.65. The summed E-state index contributed by atoms with van der Waals surface area (Å²) in [7, 11) is 0. The molecule has 0 aromatic heterocycles. The van der Waals surface area contributed by atoms with E-state index in [2.05, 4.69) is 16.0 Å². The fraction of sp³-hybridized carbons (Fsp3) is 0.423. The van der Waals surface area contributed by atoms with Gasteiger partial charge in [-0.3, -0.25) is 9.59 Å². The van der Waals surface area contributed by atoms with E-state index >= 15 is 0 Å². The van der Waals surface area contributed by atoms with Crippen LogP contribution < -0.4 is 16.0 Å². The van der Waals surface area contributed by atoms with Crippen LogP contribution in [-0.4, -0.2) is 47.9 Å². The minimum Gasteiger partial charge on any atom is -0.352 e. The van der Waals surface area contributed by atoms with Crippen LogP contribution in [0.5, 0.6) is 0 Å². The first kappa shape index (κ1) is 25.6. The van der Waals surface area contributed by atoms with Gasteiger partial charge in [0.2, 0.25) is 5.91 Å². The average molecular weight is 485 g/mol. The first-order valence-corrected chi connectivity index (χ1v) is 12.1. The maximum Gasteiger partial charge on any atom is 0.321 e. The summed E-state index contributed by atoms with van der Waals surface area (Å²) in [6.45, 7) is 6.89. The Labute approximate surface area is 206 Å². The van der Waals surface area contributed by atoms with Crippen molar-refractivity contribution in [2.75, 3.05) is 18.4 Å². The lowest BCUT2D eigenvalue weighted by Gasteiger charge is -2.36. The molecule has 0 saturated carbocycles. The molecule has 8 heteroatoms. The van der Waals surface area contributed by atoms with Crippen LogP contribution in [0.2, 0.25) is 5.02 Å². The lowest BCUT2D eigenvalue weighted by atomic mass is 9.88. The molecule has 34 heavy (non-hydrogen) atoms. The predicted octanol–water partition coefficient (Wildman–Crippen LogP) is 4.61. The Morgan fingerprint density at radius 1 is 1.06 bits per heavy atom. The maximum atomic E-state index is 13.1. The summed E-state index contributed by atoms with van der Waals surface area (Å²) in [6.07, 6.45) is 2.01. The number of halogens is 1. The van der Waals surface area contributed by atoms with Crippen LogP contribution in [0.4, 0.5) is 10.5 Å². The molecular weight excluding hydrogens is 452 g/mol. The summed E-state index contributed by atoms with van der Waals surface area (Å²) in [5.41, 5.74) is 2.21. The third-order valence-electron chi connectivity index (χ3n) is 6.26. The number of anilines is 1. The van der Waals surface area contributed by atoms with Crippen molar-refractivity contribution in [3.8, 4) is 0 Å². The number of rotatable bonds is 7. The van der Waals surface area contributed by atoms with Gasteiger partial charge < -0.3 is 20.9 Å². The van der Waals surface area contributed by atoms with Crippen LogP contribution in [0.15, 0.2) is 48.5 Å². The van der Waals surface area contributed by atoms with E-state index in [0.717, 1.165) is 12.0 Å². The molecule has 1 aliphatic heterocycles. The van der Waals surface area contributed by atoms with Crippen molar-refractivity contribution in [1.82, 2.24) is 15.5 Å². The van der Waals surface area contributed by atoms with Crippen molar-refractivity contribution >= 4 is 35.1 Å². The lowest BCUT2D eigenvalue weighted by Crippen LogP contribution is -2.55. The third kappa shape index (κ3) is 6.97. The molecule has 7 nitrogen and oxygen atoms in total. The number of benzene rings is 2. The molecule has 0 bridgehead atoms. The van der Waals surface area contributed by atoms with Gasteiger partial charge in [0.25, 0.3) is 5.91 Å². The van der Waals surface area contributed by atoms with Crippen molar-refractivity contribution in [1.29, 1.82) is 0 Å². The van der Waals surface area contributed by atoms with Gasteiger partial charge in [-0.1, -0.05) is 42.3 Å². The van der Waals surface area contributed by atoms with Gasteiger partial charge in [-0.15, -0.1) is 0 Å². The molecule has 3 rings (SSSR count). The SMILES string of the molecule is CC[C@@H](C)NC(=O)[C@@H](NC(=O)c1ccc(C)cc1)C1CCN(C(=O)Nc2cccc(Cl)c2)CC1. The van der Waals surface area contributed by atoms with E-state index in [1.54, 1.807) is 41.3 Å². The number of carbonyl (C=O) groups is 3. The second-order valence-electron chi connectivity index (χ2n) is 8.90. The molecule has 2 aromatic rings. The van der Waals surface area contributed by atoms with E-state index in [-0.39, 0.29) is 29.8 Å². The monoisotopic (exact) mass is 484 g/mol. The molecular formula is C26H33ClN4O3. The van der Waals surface area contributed by atoms with E-state index < -0.39 is 6.04 Å². The second-order valence-corrected chi connectivity index (χ2v) is 9.34. The lowest BCUT2D eigenvalue weighted by molar-refractivity contribution is -0.125. The molecule has 0 unspecified atom stereocenters. The number of piperidine rings is 1. The molecule has 1 aliphatic rings. The highest BCUT2D eigenvalue weighted by Crippen LogP contribution is 2.23. The van der Waals surface area contributed by atoms with Crippen molar-refractivity contribution in [3.63, 3.8) is 0 Å². The number of carbonyl (C=O) groups excluding carboxylic acids is 3. The summed E-state index contributed by atoms with van der Waals surface area (Å²) in [5.74, 6) is -0.532. The number of urea groups is 1. The van der Waals surface area contributed by atoms with Crippen LogP contribution in [-0.2, 0) is 4.79 Å². The summed E-state index contributed by atoms with van der Waals surface area (Å²) < 4.78 is 0. The van der Waals surface area contributed by atoms with E-state index in [1.807, 2.05) is 32.9 Å². The van der Waals surface area contributed by atoms with Gasteiger partial charge in [-0.05, 0) is 69.4 Å². The first-order chi connectivity index (χ1) is 16.3. The van der Waals surface area contributed by atoms with Gasteiger partial charge in [0, 0.05) is 35.4 Å². The van der Waals surface area contributed by atoms with Crippen LogP contribution >= 0.6 is 11.6 Å². The number of amides is 4. The van der Waals surface area contributed by atoms with Gasteiger partial charge >= 0.3 is 6.03 Å². The number of hydrogen-bond donors (Lipinski definition) is 3. The van der Waals surface area contributed by atoms with E-state index in [1.165, 1.54) is 0 Å². The summed E-state index contributed by atoms with van der Waals surface area (Å²) in [5, 5.41) is 9.38. The minimum atomic E-state index is -0.666. The number of hydrogen-bond acceptors (Lipinski definition) is 3. The number of nitrogens with zero attached hydrogens (tertiary/aromatic N) is 1. The Morgan fingerprint density at radius 3 is 2.35 bits per heavy atom. The topological polar surface area (TPSA) is 90.5 Å². The van der Waals surface area contributed by atoms with Crippen LogP contribution in [0, 0.1) is 12.8 Å². The van der Waals surface area contributed by atoms with Gasteiger partial charge in [0.05, 0.1) is 0 Å². The van der Waals surface area contributed by atoms with Gasteiger partial charge in [0.15, 0.2) is 0 Å². The van der Waals surface area contributed by atoms with Crippen molar-refractivity contribution in [3.05, 3.63) is 64.7 Å². The molecule has 3 N–H and O–H groups in total. The Hall–Kier alpha value is -3.06. The predicted molar refractivity (Wildman–Crippen MR) is 135 cm³/mol. The molecule has 1 fully saturated rings. The standard InChI is InChI=1S/C26H33ClN4O3/c1-4-18(3)28-25(33)23(30-24(32)20-10-8-17(2)9-11-20)19-12-14-31(15-13-19)26(34)29-22-7-5-6-21(27)16-22/h5-11,16,18-19,23H,4,12-15H2,1-3H3,(H,28,33)(H,29,34)(H,30,32)/t18-,23+/m1/s1. The molecule has 0 spiro atoms. The molecule has 182 valence electrons. The zero-order valence-electron chi connectivity index (χ0n) is 19.9. The zero-order valence-corrected chi connectivity index (χ0v) is 20.7. The second kappa shape index (κ2) is 11.9. The highest BCUT2D eigenvalue weighted by Gasteiger charge is 2.34.